The molecule has 80 valence electrons. The predicted octanol–water partition coefficient (Wildman–Crippen LogP) is 2.77. The molecule has 1 N–H and O–H groups in total. The summed E-state index contributed by atoms with van der Waals surface area (Å²) >= 11 is 1.77. The minimum absolute atomic E-state index is 1.09. The normalized spacial score (nSPS) is 10.7. The quantitative estimate of drug-likeness (QED) is 0.703. The average Bonchev–Trinajstić information content (AvgIpc) is 2.58. The number of aromatic nitrogens is 1. The van der Waals surface area contributed by atoms with Gasteiger partial charge in [0.15, 0.2) is 0 Å². The highest BCUT2D eigenvalue weighted by Crippen LogP contribution is 2.11. The minimum Gasteiger partial charge on any atom is -0.316 e. The first-order valence-electron chi connectivity index (χ1n) is 5.44. The van der Waals surface area contributed by atoms with E-state index in [0.717, 1.165) is 19.5 Å². The molecule has 1 aromatic heterocycles. The van der Waals surface area contributed by atoms with E-state index in [1.807, 2.05) is 5.51 Å². The molecule has 1 aromatic rings. The average molecular weight is 212 g/mol. The minimum atomic E-state index is 1.09. The van der Waals surface area contributed by atoms with Crippen molar-refractivity contribution in [3.8, 4) is 0 Å². The van der Waals surface area contributed by atoms with Crippen molar-refractivity contribution in [2.45, 2.75) is 39.5 Å². The van der Waals surface area contributed by atoms with Crippen molar-refractivity contribution in [3.63, 3.8) is 0 Å². The Hall–Kier alpha value is -0.410. The van der Waals surface area contributed by atoms with Crippen LogP contribution < -0.4 is 5.32 Å². The van der Waals surface area contributed by atoms with E-state index in [9.17, 15) is 0 Å². The Bertz CT molecular complexity index is 245. The number of hydrogen-bond acceptors (Lipinski definition) is 3. The molecular weight excluding hydrogens is 192 g/mol. The molecule has 3 heteroatoms. The van der Waals surface area contributed by atoms with Crippen LogP contribution in [0.15, 0.2) is 5.51 Å². The van der Waals surface area contributed by atoms with Crippen LogP contribution >= 0.6 is 11.3 Å². The topological polar surface area (TPSA) is 24.9 Å². The van der Waals surface area contributed by atoms with Crippen LogP contribution in [0.4, 0.5) is 0 Å². The zero-order valence-electron chi connectivity index (χ0n) is 9.18. The zero-order chi connectivity index (χ0) is 10.2. The Balaban J connectivity index is 2.02. The lowest BCUT2D eigenvalue weighted by atomic mass is 10.2. The Morgan fingerprint density at radius 1 is 1.36 bits per heavy atom. The molecule has 0 bridgehead atoms. The first kappa shape index (κ1) is 11.7. The predicted molar refractivity (Wildman–Crippen MR) is 62.9 cm³/mol. The van der Waals surface area contributed by atoms with Gasteiger partial charge in [-0.3, -0.25) is 0 Å². The fourth-order valence-electron chi connectivity index (χ4n) is 1.39. The van der Waals surface area contributed by atoms with Crippen molar-refractivity contribution in [3.05, 3.63) is 16.1 Å². The fraction of sp³-hybridized carbons (Fsp3) is 0.727. The van der Waals surface area contributed by atoms with Crippen molar-refractivity contribution >= 4 is 11.3 Å². The summed E-state index contributed by atoms with van der Waals surface area (Å²) in [4.78, 5) is 5.66. The van der Waals surface area contributed by atoms with Crippen LogP contribution in [0, 0.1) is 6.92 Å². The highest BCUT2D eigenvalue weighted by Gasteiger charge is 1.99. The van der Waals surface area contributed by atoms with Crippen LogP contribution in [-0.4, -0.2) is 18.1 Å². The second-order valence-electron chi connectivity index (χ2n) is 3.57. The maximum atomic E-state index is 4.24. The van der Waals surface area contributed by atoms with Gasteiger partial charge in [0.25, 0.3) is 0 Å². The van der Waals surface area contributed by atoms with Gasteiger partial charge < -0.3 is 5.32 Å². The van der Waals surface area contributed by atoms with E-state index in [2.05, 4.69) is 24.1 Å². The molecule has 0 saturated heterocycles. The third-order valence-corrected chi connectivity index (χ3v) is 3.33. The molecule has 0 unspecified atom stereocenters. The number of nitrogens with zero attached hydrogens (tertiary/aromatic N) is 1. The highest BCUT2D eigenvalue weighted by molar-refractivity contribution is 7.09. The zero-order valence-corrected chi connectivity index (χ0v) is 9.99. The maximum Gasteiger partial charge on any atom is 0.0797 e. The fourth-order valence-corrected chi connectivity index (χ4v) is 2.17. The molecule has 0 aliphatic heterocycles. The van der Waals surface area contributed by atoms with Crippen LogP contribution in [0.2, 0.25) is 0 Å². The molecule has 0 atom stereocenters. The van der Waals surface area contributed by atoms with Crippen LogP contribution in [0.5, 0.6) is 0 Å². The summed E-state index contributed by atoms with van der Waals surface area (Å²) < 4.78 is 0. The molecular formula is C11H20N2S. The van der Waals surface area contributed by atoms with Gasteiger partial charge in [0.05, 0.1) is 11.2 Å². The van der Waals surface area contributed by atoms with E-state index in [-0.39, 0.29) is 0 Å². The van der Waals surface area contributed by atoms with Crippen LogP contribution in [0.25, 0.3) is 0 Å². The van der Waals surface area contributed by atoms with Crippen molar-refractivity contribution in [2.24, 2.45) is 0 Å². The lowest BCUT2D eigenvalue weighted by molar-refractivity contribution is 0.617. The highest BCUT2D eigenvalue weighted by atomic mass is 32.1. The standard InChI is InChI=1S/C11H20N2S/c1-3-4-5-7-12-8-6-11-10(2)13-9-14-11/h9,12H,3-8H2,1-2H3. The van der Waals surface area contributed by atoms with Gasteiger partial charge in [-0.2, -0.15) is 0 Å². The van der Waals surface area contributed by atoms with E-state index in [0.29, 0.717) is 0 Å². The molecule has 0 aromatic carbocycles. The second kappa shape index (κ2) is 6.96. The molecule has 14 heavy (non-hydrogen) atoms. The van der Waals surface area contributed by atoms with Gasteiger partial charge in [-0.25, -0.2) is 4.98 Å². The van der Waals surface area contributed by atoms with Crippen LogP contribution in [0.3, 0.4) is 0 Å². The summed E-state index contributed by atoms with van der Waals surface area (Å²) in [6.07, 6.45) is 5.07. The van der Waals surface area contributed by atoms with E-state index in [4.69, 9.17) is 0 Å². The summed E-state index contributed by atoms with van der Waals surface area (Å²) in [6, 6.07) is 0. The van der Waals surface area contributed by atoms with E-state index < -0.39 is 0 Å². The summed E-state index contributed by atoms with van der Waals surface area (Å²) in [5.74, 6) is 0. The Kier molecular flexibility index (Phi) is 5.80. The largest absolute Gasteiger partial charge is 0.316 e. The summed E-state index contributed by atoms with van der Waals surface area (Å²) in [7, 11) is 0. The van der Waals surface area contributed by atoms with Crippen molar-refractivity contribution < 1.29 is 0 Å². The van der Waals surface area contributed by atoms with E-state index in [1.165, 1.54) is 29.8 Å². The van der Waals surface area contributed by atoms with E-state index >= 15 is 0 Å². The number of unbranched alkanes of at least 4 members (excludes halogenated alkanes) is 2. The summed E-state index contributed by atoms with van der Waals surface area (Å²) in [5, 5.41) is 3.46. The van der Waals surface area contributed by atoms with Gasteiger partial charge in [-0.1, -0.05) is 19.8 Å². The van der Waals surface area contributed by atoms with Crippen molar-refractivity contribution in [1.82, 2.24) is 10.3 Å². The van der Waals surface area contributed by atoms with Gasteiger partial charge >= 0.3 is 0 Å². The third kappa shape index (κ3) is 4.20. The number of thiazole rings is 1. The number of hydrogen-bond donors (Lipinski definition) is 1. The summed E-state index contributed by atoms with van der Waals surface area (Å²) in [5.41, 5.74) is 3.13. The maximum absolute atomic E-state index is 4.24. The molecule has 0 spiro atoms. The third-order valence-electron chi connectivity index (χ3n) is 2.33. The molecule has 1 rings (SSSR count). The van der Waals surface area contributed by atoms with Gasteiger partial charge in [-0.05, 0) is 26.3 Å². The van der Waals surface area contributed by atoms with Crippen molar-refractivity contribution in [2.75, 3.05) is 13.1 Å². The first-order chi connectivity index (χ1) is 6.84. The Morgan fingerprint density at radius 2 is 2.21 bits per heavy atom. The van der Waals surface area contributed by atoms with Gasteiger partial charge in [0, 0.05) is 11.4 Å². The SMILES string of the molecule is CCCCCNCCc1scnc1C. The lowest BCUT2D eigenvalue weighted by Gasteiger charge is -2.02. The smallest absolute Gasteiger partial charge is 0.0797 e. The van der Waals surface area contributed by atoms with Gasteiger partial charge in [0.2, 0.25) is 0 Å². The van der Waals surface area contributed by atoms with Gasteiger partial charge in [0.1, 0.15) is 0 Å². The molecule has 0 aliphatic carbocycles. The molecule has 0 saturated carbocycles. The first-order valence-corrected chi connectivity index (χ1v) is 6.32. The Labute approximate surface area is 90.8 Å². The molecule has 1 heterocycles. The molecule has 2 nitrogen and oxygen atoms in total. The van der Waals surface area contributed by atoms with Crippen LogP contribution in [0.1, 0.15) is 36.8 Å². The number of aryl methyl sites for hydroxylation is 1. The van der Waals surface area contributed by atoms with Crippen molar-refractivity contribution in [1.29, 1.82) is 0 Å². The molecule has 0 fully saturated rings. The lowest BCUT2D eigenvalue weighted by Crippen LogP contribution is -2.18. The second-order valence-corrected chi connectivity index (χ2v) is 4.51. The van der Waals surface area contributed by atoms with Gasteiger partial charge in [-0.15, -0.1) is 11.3 Å². The van der Waals surface area contributed by atoms with E-state index in [1.54, 1.807) is 11.3 Å². The van der Waals surface area contributed by atoms with Crippen LogP contribution in [-0.2, 0) is 6.42 Å². The molecule has 0 aliphatic rings. The molecule has 0 amide bonds. The molecule has 0 radical (unpaired) electrons. The number of rotatable bonds is 7. The Morgan fingerprint density at radius 3 is 2.86 bits per heavy atom. The number of nitrogens with one attached hydrogen (secondary N) is 1. The summed E-state index contributed by atoms with van der Waals surface area (Å²) in [6.45, 7) is 6.57. The monoisotopic (exact) mass is 212 g/mol.